The maximum atomic E-state index is 12.4. The molecule has 0 aliphatic carbocycles. The second-order valence-corrected chi connectivity index (χ2v) is 6.14. The zero-order valence-electron chi connectivity index (χ0n) is 14.0. The normalized spacial score (nSPS) is 11.0. The molecule has 130 valence electrons. The molecule has 0 aliphatic rings. The van der Waals surface area contributed by atoms with Gasteiger partial charge in [0.05, 0.1) is 35.9 Å². The second-order valence-electron chi connectivity index (χ2n) is 5.74. The first-order valence-corrected chi connectivity index (χ1v) is 8.49. The Morgan fingerprint density at radius 3 is 2.81 bits per heavy atom. The zero-order valence-corrected chi connectivity index (χ0v) is 14.9. The topological polar surface area (TPSA) is 68.5 Å². The van der Waals surface area contributed by atoms with Crippen LogP contribution in [0.15, 0.2) is 59.8 Å². The van der Waals surface area contributed by atoms with Gasteiger partial charge in [-0.05, 0) is 24.3 Å². The van der Waals surface area contributed by atoms with E-state index in [1.807, 2.05) is 36.4 Å². The summed E-state index contributed by atoms with van der Waals surface area (Å²) in [6.45, 7) is 0.292. The number of thiol groups is 1. The number of hydrogen-bond acceptors (Lipinski definition) is 5. The Balaban J connectivity index is 1.63. The third-order valence-corrected chi connectivity index (χ3v) is 4.42. The average Bonchev–Trinajstić information content (AvgIpc) is 3.11. The van der Waals surface area contributed by atoms with Gasteiger partial charge in [-0.1, -0.05) is 30.3 Å². The van der Waals surface area contributed by atoms with E-state index in [2.05, 4.69) is 28.0 Å². The number of carbonyl (C=O) groups is 1. The van der Waals surface area contributed by atoms with Crippen molar-refractivity contribution in [2.24, 2.45) is 0 Å². The van der Waals surface area contributed by atoms with Crippen molar-refractivity contribution in [2.75, 3.05) is 7.11 Å². The Morgan fingerprint density at radius 1 is 1.19 bits per heavy atom. The third-order valence-electron chi connectivity index (χ3n) is 4.13. The molecule has 0 unspecified atom stereocenters. The SMILES string of the molecule is COc1ccccc1C(=O)NCc1cc2c3ccccc3nc(S)n2n1. The highest BCUT2D eigenvalue weighted by atomic mass is 32.1. The highest BCUT2D eigenvalue weighted by molar-refractivity contribution is 7.80. The molecule has 0 bridgehead atoms. The van der Waals surface area contributed by atoms with Crippen molar-refractivity contribution in [2.45, 2.75) is 11.7 Å². The molecule has 0 saturated carbocycles. The summed E-state index contributed by atoms with van der Waals surface area (Å²) in [6.07, 6.45) is 0. The maximum absolute atomic E-state index is 12.4. The summed E-state index contributed by atoms with van der Waals surface area (Å²) in [7, 11) is 1.54. The van der Waals surface area contributed by atoms with Gasteiger partial charge in [0.25, 0.3) is 5.91 Å². The van der Waals surface area contributed by atoms with E-state index < -0.39 is 0 Å². The van der Waals surface area contributed by atoms with Crippen LogP contribution in [0.3, 0.4) is 0 Å². The number of ether oxygens (including phenoxy) is 1. The molecule has 2 heterocycles. The van der Waals surface area contributed by atoms with Crippen molar-refractivity contribution in [1.82, 2.24) is 19.9 Å². The van der Waals surface area contributed by atoms with Gasteiger partial charge in [0, 0.05) is 5.39 Å². The number of aromatic nitrogens is 3. The Hall–Kier alpha value is -3.06. The van der Waals surface area contributed by atoms with E-state index in [0.717, 1.165) is 22.1 Å². The van der Waals surface area contributed by atoms with Crippen molar-refractivity contribution in [3.05, 3.63) is 65.9 Å². The summed E-state index contributed by atoms with van der Waals surface area (Å²) in [4.78, 5) is 16.9. The van der Waals surface area contributed by atoms with Crippen molar-refractivity contribution in [3.63, 3.8) is 0 Å². The molecule has 0 aliphatic heterocycles. The van der Waals surface area contributed by atoms with E-state index >= 15 is 0 Å². The molecule has 1 amide bonds. The van der Waals surface area contributed by atoms with Gasteiger partial charge in [0.1, 0.15) is 5.75 Å². The van der Waals surface area contributed by atoms with Crippen LogP contribution in [0.4, 0.5) is 0 Å². The number of rotatable bonds is 4. The molecule has 26 heavy (non-hydrogen) atoms. The van der Waals surface area contributed by atoms with E-state index in [9.17, 15) is 4.79 Å². The van der Waals surface area contributed by atoms with Crippen LogP contribution in [0.2, 0.25) is 0 Å². The standard InChI is InChI=1S/C19H16N4O2S/c1-25-17-9-5-3-7-14(17)18(24)20-11-12-10-16-13-6-2-4-8-15(13)21-19(26)23(16)22-12/h2-10H,11H2,1H3,(H,20,24)(H,21,26). The zero-order chi connectivity index (χ0) is 18.1. The molecule has 4 rings (SSSR count). The quantitative estimate of drug-likeness (QED) is 0.431. The van der Waals surface area contributed by atoms with Crippen molar-refractivity contribution in [3.8, 4) is 5.75 Å². The van der Waals surface area contributed by atoms with E-state index in [0.29, 0.717) is 23.0 Å². The number of fused-ring (bicyclic) bond motifs is 3. The summed E-state index contributed by atoms with van der Waals surface area (Å²) in [5, 5.41) is 8.87. The highest BCUT2D eigenvalue weighted by Gasteiger charge is 2.13. The second kappa shape index (κ2) is 6.68. The third kappa shape index (κ3) is 2.86. The van der Waals surface area contributed by atoms with Crippen LogP contribution in [0.5, 0.6) is 5.75 Å². The van der Waals surface area contributed by atoms with Crippen LogP contribution in [0.1, 0.15) is 16.1 Å². The minimum atomic E-state index is -0.214. The lowest BCUT2D eigenvalue weighted by Gasteiger charge is -2.07. The van der Waals surface area contributed by atoms with Gasteiger partial charge in [-0.15, -0.1) is 12.6 Å². The van der Waals surface area contributed by atoms with Crippen LogP contribution in [-0.2, 0) is 6.54 Å². The van der Waals surface area contributed by atoms with Crippen LogP contribution < -0.4 is 10.1 Å². The lowest BCUT2D eigenvalue weighted by molar-refractivity contribution is 0.0947. The summed E-state index contributed by atoms with van der Waals surface area (Å²) >= 11 is 4.42. The van der Waals surface area contributed by atoms with E-state index in [4.69, 9.17) is 4.74 Å². The van der Waals surface area contributed by atoms with E-state index in [1.54, 1.807) is 29.8 Å². The summed E-state index contributed by atoms with van der Waals surface area (Å²) in [5.41, 5.74) is 2.97. The van der Waals surface area contributed by atoms with Crippen LogP contribution in [0.25, 0.3) is 16.4 Å². The average molecular weight is 364 g/mol. The Morgan fingerprint density at radius 2 is 1.96 bits per heavy atom. The maximum Gasteiger partial charge on any atom is 0.255 e. The largest absolute Gasteiger partial charge is 0.496 e. The molecule has 2 aromatic heterocycles. The lowest BCUT2D eigenvalue weighted by Crippen LogP contribution is -2.23. The number of benzene rings is 2. The Labute approximate surface area is 155 Å². The van der Waals surface area contributed by atoms with Gasteiger partial charge < -0.3 is 10.1 Å². The molecular formula is C19H16N4O2S. The number of nitrogens with zero attached hydrogens (tertiary/aromatic N) is 3. The fraction of sp³-hybridized carbons (Fsp3) is 0.105. The molecule has 7 heteroatoms. The first-order chi connectivity index (χ1) is 12.7. The summed E-state index contributed by atoms with van der Waals surface area (Å²) in [5.74, 6) is 0.321. The number of hydrogen-bond donors (Lipinski definition) is 2. The molecule has 0 radical (unpaired) electrons. The smallest absolute Gasteiger partial charge is 0.255 e. The Kier molecular flexibility index (Phi) is 4.22. The first kappa shape index (κ1) is 16.4. The minimum absolute atomic E-state index is 0.214. The van der Waals surface area contributed by atoms with Crippen LogP contribution >= 0.6 is 12.6 Å². The van der Waals surface area contributed by atoms with Gasteiger partial charge in [0.2, 0.25) is 0 Å². The van der Waals surface area contributed by atoms with Crippen molar-refractivity contribution < 1.29 is 9.53 Å². The number of methoxy groups -OCH3 is 1. The number of nitrogens with one attached hydrogen (secondary N) is 1. The fourth-order valence-corrected chi connectivity index (χ4v) is 3.16. The highest BCUT2D eigenvalue weighted by Crippen LogP contribution is 2.22. The van der Waals surface area contributed by atoms with Gasteiger partial charge in [-0.2, -0.15) is 5.10 Å². The van der Waals surface area contributed by atoms with E-state index in [1.165, 1.54) is 0 Å². The molecule has 6 nitrogen and oxygen atoms in total. The monoisotopic (exact) mass is 364 g/mol. The molecule has 4 aromatic rings. The number of amides is 1. The first-order valence-electron chi connectivity index (χ1n) is 8.05. The fourth-order valence-electron chi connectivity index (χ4n) is 2.90. The predicted octanol–water partition coefficient (Wildman–Crippen LogP) is 3.11. The minimum Gasteiger partial charge on any atom is -0.496 e. The van der Waals surface area contributed by atoms with Gasteiger partial charge >= 0.3 is 0 Å². The lowest BCUT2D eigenvalue weighted by atomic mass is 10.2. The van der Waals surface area contributed by atoms with Gasteiger partial charge in [0.15, 0.2) is 5.16 Å². The molecule has 2 aromatic carbocycles. The molecule has 0 spiro atoms. The molecule has 0 saturated heterocycles. The van der Waals surface area contributed by atoms with Gasteiger partial charge in [-0.3, -0.25) is 4.79 Å². The molecular weight excluding hydrogens is 348 g/mol. The van der Waals surface area contributed by atoms with Crippen molar-refractivity contribution >= 4 is 35.0 Å². The summed E-state index contributed by atoms with van der Waals surface area (Å²) in [6, 6.07) is 16.9. The van der Waals surface area contributed by atoms with Crippen molar-refractivity contribution in [1.29, 1.82) is 0 Å². The number of para-hydroxylation sites is 2. The summed E-state index contributed by atoms with van der Waals surface area (Å²) < 4.78 is 6.91. The van der Waals surface area contributed by atoms with Gasteiger partial charge in [-0.25, -0.2) is 9.50 Å². The number of carbonyl (C=O) groups excluding carboxylic acids is 1. The Bertz CT molecular complexity index is 1120. The van der Waals surface area contributed by atoms with Crippen LogP contribution in [0, 0.1) is 0 Å². The van der Waals surface area contributed by atoms with E-state index in [-0.39, 0.29) is 5.91 Å². The molecule has 0 fully saturated rings. The van der Waals surface area contributed by atoms with Crippen LogP contribution in [-0.4, -0.2) is 27.6 Å². The predicted molar refractivity (Wildman–Crippen MR) is 102 cm³/mol. The molecule has 0 atom stereocenters. The molecule has 1 N–H and O–H groups in total.